The topological polar surface area (TPSA) is 93.2 Å². The summed E-state index contributed by atoms with van der Waals surface area (Å²) >= 11 is 0.866. The number of sulfone groups is 2. The molecule has 2 rings (SSSR count). The molecule has 1 heterocycles. The van der Waals surface area contributed by atoms with E-state index in [1.165, 1.54) is 12.1 Å². The van der Waals surface area contributed by atoms with Gasteiger partial charge < -0.3 is 5.32 Å². The van der Waals surface area contributed by atoms with Gasteiger partial charge in [0.2, 0.25) is 24.0 Å². The Hall–Kier alpha value is -1.45. The van der Waals surface area contributed by atoms with Crippen LogP contribution in [0.3, 0.4) is 0 Å². The number of aromatic nitrogens is 1. The maximum atomic E-state index is 12.8. The van der Waals surface area contributed by atoms with Crippen LogP contribution in [-0.4, -0.2) is 34.1 Å². The zero-order chi connectivity index (χ0) is 18.0. The van der Waals surface area contributed by atoms with Gasteiger partial charge in [-0.1, -0.05) is 36.0 Å². The molecule has 132 valence electrons. The van der Waals surface area contributed by atoms with E-state index in [0.717, 1.165) is 16.9 Å². The van der Waals surface area contributed by atoms with Crippen LogP contribution < -0.4 is 5.32 Å². The van der Waals surface area contributed by atoms with Crippen molar-refractivity contribution in [1.82, 2.24) is 4.98 Å². The van der Waals surface area contributed by atoms with Gasteiger partial charge in [0, 0.05) is 6.54 Å². The lowest BCUT2D eigenvalue weighted by Gasteiger charge is -2.05. The highest BCUT2D eigenvalue weighted by atomic mass is 32.2. The van der Waals surface area contributed by atoms with Gasteiger partial charge >= 0.3 is 0 Å². The average Bonchev–Trinajstić information content (AvgIpc) is 2.94. The molecule has 0 spiro atoms. The standard InChI is InChI=1S/C15H20N2O4S3/c1-4-10-23(18,19)15-17-14(13(22-15)16-5-2)24(20,21)12-8-6-11(3)7-9-12/h6-9,16H,4-5,10H2,1-3H3. The first-order valence-electron chi connectivity index (χ1n) is 7.51. The Labute approximate surface area is 146 Å². The van der Waals surface area contributed by atoms with Crippen LogP contribution in [0.4, 0.5) is 5.00 Å². The first-order valence-corrected chi connectivity index (χ1v) is 11.5. The molecular formula is C15H20N2O4S3. The third-order valence-corrected chi connectivity index (χ3v) is 8.45. The number of anilines is 1. The van der Waals surface area contributed by atoms with E-state index in [1.807, 2.05) is 13.8 Å². The zero-order valence-electron chi connectivity index (χ0n) is 13.7. The van der Waals surface area contributed by atoms with E-state index in [0.29, 0.717) is 13.0 Å². The van der Waals surface area contributed by atoms with Gasteiger partial charge in [-0.15, -0.1) is 0 Å². The quantitative estimate of drug-likeness (QED) is 0.784. The molecule has 6 nitrogen and oxygen atoms in total. The summed E-state index contributed by atoms with van der Waals surface area (Å²) < 4.78 is 50.0. The molecule has 0 atom stereocenters. The van der Waals surface area contributed by atoms with Crippen molar-refractivity contribution in [1.29, 1.82) is 0 Å². The van der Waals surface area contributed by atoms with E-state index in [9.17, 15) is 16.8 Å². The van der Waals surface area contributed by atoms with Crippen molar-refractivity contribution in [2.45, 2.75) is 41.5 Å². The molecule has 0 aliphatic carbocycles. The molecule has 0 aliphatic heterocycles. The summed E-state index contributed by atoms with van der Waals surface area (Å²) in [5, 5.41) is 2.94. The highest BCUT2D eigenvalue weighted by Gasteiger charge is 2.30. The van der Waals surface area contributed by atoms with Crippen molar-refractivity contribution in [3.8, 4) is 0 Å². The molecule has 1 aromatic heterocycles. The molecule has 1 N–H and O–H groups in total. The van der Waals surface area contributed by atoms with Crippen molar-refractivity contribution in [2.75, 3.05) is 17.6 Å². The molecule has 2 aromatic rings. The lowest BCUT2D eigenvalue weighted by atomic mass is 10.2. The molecule has 0 amide bonds. The van der Waals surface area contributed by atoms with Gasteiger partial charge in [-0.25, -0.2) is 21.8 Å². The molecule has 24 heavy (non-hydrogen) atoms. The number of nitrogens with zero attached hydrogens (tertiary/aromatic N) is 1. The summed E-state index contributed by atoms with van der Waals surface area (Å²) in [5.74, 6) is -0.0594. The predicted octanol–water partition coefficient (Wildman–Crippen LogP) is 2.90. The van der Waals surface area contributed by atoms with E-state index in [4.69, 9.17) is 0 Å². The monoisotopic (exact) mass is 388 g/mol. The fraction of sp³-hybridized carbons (Fsp3) is 0.400. The lowest BCUT2D eigenvalue weighted by molar-refractivity contribution is 0.589. The first kappa shape index (κ1) is 18.9. The Morgan fingerprint density at radius 1 is 1.08 bits per heavy atom. The highest BCUT2D eigenvalue weighted by molar-refractivity contribution is 7.94. The summed E-state index contributed by atoms with van der Waals surface area (Å²) in [6.07, 6.45) is 0.443. The van der Waals surface area contributed by atoms with E-state index in [1.54, 1.807) is 19.1 Å². The minimum atomic E-state index is -3.89. The minimum absolute atomic E-state index is 0.0594. The number of nitrogens with one attached hydrogen (secondary N) is 1. The molecular weight excluding hydrogens is 368 g/mol. The Balaban J connectivity index is 2.60. The number of hydrogen-bond acceptors (Lipinski definition) is 7. The Morgan fingerprint density at radius 3 is 2.25 bits per heavy atom. The maximum Gasteiger partial charge on any atom is 0.226 e. The largest absolute Gasteiger partial charge is 0.375 e. The van der Waals surface area contributed by atoms with Crippen LogP contribution in [0.1, 0.15) is 25.8 Å². The number of hydrogen-bond donors (Lipinski definition) is 1. The highest BCUT2D eigenvalue weighted by Crippen LogP contribution is 2.35. The molecule has 0 unspecified atom stereocenters. The SMILES string of the molecule is CCCS(=O)(=O)c1nc(S(=O)(=O)c2ccc(C)cc2)c(NCC)s1. The van der Waals surface area contributed by atoms with Gasteiger partial charge in [0.05, 0.1) is 10.6 Å². The third kappa shape index (κ3) is 3.79. The third-order valence-electron chi connectivity index (χ3n) is 3.24. The van der Waals surface area contributed by atoms with Crippen LogP contribution in [0.5, 0.6) is 0 Å². The second-order valence-electron chi connectivity index (χ2n) is 5.28. The number of aryl methyl sites for hydroxylation is 1. The van der Waals surface area contributed by atoms with Crippen molar-refractivity contribution >= 4 is 36.0 Å². The molecule has 9 heteroatoms. The number of rotatable bonds is 7. The van der Waals surface area contributed by atoms with Gasteiger partial charge in [-0.3, -0.25) is 0 Å². The zero-order valence-corrected chi connectivity index (χ0v) is 16.2. The van der Waals surface area contributed by atoms with Crippen molar-refractivity contribution in [3.05, 3.63) is 29.8 Å². The Bertz CT molecular complexity index is 914. The Kier molecular flexibility index (Phi) is 5.67. The van der Waals surface area contributed by atoms with Crippen LogP contribution in [0.15, 0.2) is 38.5 Å². The van der Waals surface area contributed by atoms with E-state index in [-0.39, 0.29) is 25.0 Å². The summed E-state index contributed by atoms with van der Waals surface area (Å²) in [5.41, 5.74) is 0.936. The molecule has 0 saturated heterocycles. The summed E-state index contributed by atoms with van der Waals surface area (Å²) in [7, 11) is -7.47. The normalized spacial score (nSPS) is 12.3. The van der Waals surface area contributed by atoms with Gasteiger partial charge in [-0.05, 0) is 32.4 Å². The van der Waals surface area contributed by atoms with Crippen LogP contribution in [0.2, 0.25) is 0 Å². The van der Waals surface area contributed by atoms with Crippen LogP contribution in [-0.2, 0) is 19.7 Å². The van der Waals surface area contributed by atoms with E-state index in [2.05, 4.69) is 10.3 Å². The fourth-order valence-electron chi connectivity index (χ4n) is 2.06. The second kappa shape index (κ2) is 7.20. The summed E-state index contributed by atoms with van der Waals surface area (Å²) in [4.78, 5) is 4.06. The predicted molar refractivity (Wildman–Crippen MR) is 95.3 cm³/mol. The van der Waals surface area contributed by atoms with Crippen molar-refractivity contribution < 1.29 is 16.8 Å². The molecule has 0 aliphatic rings. The van der Waals surface area contributed by atoms with Crippen molar-refractivity contribution in [2.24, 2.45) is 0 Å². The summed E-state index contributed by atoms with van der Waals surface area (Å²) in [6.45, 7) is 5.88. The van der Waals surface area contributed by atoms with Gasteiger partial charge in [0.1, 0.15) is 5.00 Å². The molecule has 0 bridgehead atoms. The molecule has 1 aromatic carbocycles. The molecule has 0 saturated carbocycles. The second-order valence-corrected chi connectivity index (χ2v) is 10.4. The van der Waals surface area contributed by atoms with Crippen molar-refractivity contribution in [3.63, 3.8) is 0 Å². The summed E-state index contributed by atoms with van der Waals surface area (Å²) in [6, 6.07) is 6.39. The smallest absolute Gasteiger partial charge is 0.226 e. The van der Waals surface area contributed by atoms with Crippen LogP contribution in [0, 0.1) is 6.92 Å². The average molecular weight is 389 g/mol. The lowest BCUT2D eigenvalue weighted by Crippen LogP contribution is -2.08. The van der Waals surface area contributed by atoms with E-state index >= 15 is 0 Å². The Morgan fingerprint density at radius 2 is 1.71 bits per heavy atom. The number of thiazole rings is 1. The number of benzene rings is 1. The molecule has 0 fully saturated rings. The maximum absolute atomic E-state index is 12.8. The fourth-order valence-corrected chi connectivity index (χ4v) is 6.49. The van der Waals surface area contributed by atoms with Gasteiger partial charge in [0.15, 0.2) is 5.03 Å². The van der Waals surface area contributed by atoms with Crippen LogP contribution >= 0.6 is 11.3 Å². The molecule has 0 radical (unpaired) electrons. The van der Waals surface area contributed by atoms with Gasteiger partial charge in [-0.2, -0.15) is 0 Å². The first-order chi connectivity index (χ1) is 11.2. The van der Waals surface area contributed by atoms with Crippen LogP contribution in [0.25, 0.3) is 0 Å². The minimum Gasteiger partial charge on any atom is -0.375 e. The van der Waals surface area contributed by atoms with Gasteiger partial charge in [0.25, 0.3) is 0 Å². The van der Waals surface area contributed by atoms with E-state index < -0.39 is 19.7 Å².